The molecule has 0 aliphatic heterocycles. The number of aryl methyl sites for hydroxylation is 1. The molecule has 0 atom stereocenters. The van der Waals surface area contributed by atoms with Crippen LogP contribution in [0.4, 0.5) is 5.13 Å². The number of Topliss-reactive ketones (excluding diaryl/α,β-unsaturated/α-hetero) is 1. The van der Waals surface area contributed by atoms with Gasteiger partial charge in [0.15, 0.2) is 10.9 Å². The Morgan fingerprint density at radius 3 is 2.75 bits per heavy atom. The van der Waals surface area contributed by atoms with E-state index in [0.29, 0.717) is 17.1 Å². The van der Waals surface area contributed by atoms with E-state index in [1.807, 2.05) is 0 Å². The van der Waals surface area contributed by atoms with E-state index in [4.69, 9.17) is 0 Å². The lowest BCUT2D eigenvalue weighted by molar-refractivity contribution is 0.0988. The topological polar surface area (TPSA) is 76.1 Å². The van der Waals surface area contributed by atoms with Crippen LogP contribution >= 0.6 is 11.3 Å². The fourth-order valence-electron chi connectivity index (χ4n) is 1.62. The summed E-state index contributed by atoms with van der Waals surface area (Å²) in [6.45, 7) is 3.52. The van der Waals surface area contributed by atoms with Gasteiger partial charge < -0.3 is 0 Å². The molecule has 20 heavy (non-hydrogen) atoms. The van der Waals surface area contributed by atoms with Gasteiger partial charge in [-0.15, -0.1) is 11.3 Å². The number of ketones is 1. The minimum Gasteiger partial charge on any atom is -0.294 e. The van der Waals surface area contributed by atoms with Crippen molar-refractivity contribution < 1.29 is 13.2 Å². The number of carbonyl (C=O) groups excluding carboxylic acids is 1. The zero-order valence-corrected chi connectivity index (χ0v) is 12.7. The molecular formula is C13H14N2O3S2. The van der Waals surface area contributed by atoms with E-state index in [-0.39, 0.29) is 10.7 Å². The molecule has 0 unspecified atom stereocenters. The smallest absolute Gasteiger partial charge is 0.263 e. The lowest BCUT2D eigenvalue weighted by atomic mass is 10.1. The molecule has 0 bridgehead atoms. The van der Waals surface area contributed by atoms with Gasteiger partial charge in [-0.2, -0.15) is 0 Å². The molecule has 0 spiro atoms. The molecule has 2 aromatic rings. The van der Waals surface area contributed by atoms with Crippen molar-refractivity contribution in [3.63, 3.8) is 0 Å². The average Bonchev–Trinajstić information content (AvgIpc) is 2.82. The molecule has 1 aromatic heterocycles. The van der Waals surface area contributed by atoms with Crippen LogP contribution in [0.5, 0.6) is 0 Å². The van der Waals surface area contributed by atoms with Crippen molar-refractivity contribution in [2.24, 2.45) is 0 Å². The Bertz CT molecular complexity index is 736. The van der Waals surface area contributed by atoms with Crippen LogP contribution in [0, 0.1) is 6.92 Å². The maximum Gasteiger partial charge on any atom is 0.263 e. The highest BCUT2D eigenvalue weighted by Gasteiger charge is 2.17. The molecule has 7 heteroatoms. The predicted molar refractivity (Wildman–Crippen MR) is 78.7 cm³/mol. The Balaban J connectivity index is 2.32. The highest BCUT2D eigenvalue weighted by Crippen LogP contribution is 2.20. The number of nitrogens with one attached hydrogen (secondary N) is 1. The molecule has 0 aliphatic rings. The first-order valence-electron chi connectivity index (χ1n) is 6.00. The zero-order chi connectivity index (χ0) is 14.8. The second-order valence-electron chi connectivity index (χ2n) is 4.20. The third kappa shape index (κ3) is 3.23. The van der Waals surface area contributed by atoms with Crippen LogP contribution in [0.15, 0.2) is 34.5 Å². The second kappa shape index (κ2) is 5.72. The molecule has 0 aliphatic carbocycles. The van der Waals surface area contributed by atoms with Crippen molar-refractivity contribution in [3.05, 3.63) is 40.9 Å². The fourth-order valence-corrected chi connectivity index (χ4v) is 3.60. The summed E-state index contributed by atoms with van der Waals surface area (Å²) >= 11 is 1.22. The third-order valence-electron chi connectivity index (χ3n) is 2.63. The summed E-state index contributed by atoms with van der Waals surface area (Å²) in [6.07, 6.45) is 0.336. The quantitative estimate of drug-likeness (QED) is 0.862. The van der Waals surface area contributed by atoms with Crippen LogP contribution in [0.3, 0.4) is 0 Å². The number of nitrogens with zero attached hydrogens (tertiary/aromatic N) is 1. The van der Waals surface area contributed by atoms with E-state index in [9.17, 15) is 13.2 Å². The number of hydrogen-bond acceptors (Lipinski definition) is 5. The van der Waals surface area contributed by atoms with E-state index in [2.05, 4.69) is 9.71 Å². The van der Waals surface area contributed by atoms with Gasteiger partial charge in [-0.25, -0.2) is 13.4 Å². The summed E-state index contributed by atoms with van der Waals surface area (Å²) in [7, 11) is -3.72. The summed E-state index contributed by atoms with van der Waals surface area (Å²) in [5.74, 6) is -0.0906. The Labute approximate surface area is 121 Å². The number of benzene rings is 1. The highest BCUT2D eigenvalue weighted by molar-refractivity contribution is 7.93. The van der Waals surface area contributed by atoms with Gasteiger partial charge in [0, 0.05) is 17.4 Å². The lowest BCUT2D eigenvalue weighted by Crippen LogP contribution is -2.13. The number of thiazole rings is 1. The summed E-state index contributed by atoms with van der Waals surface area (Å²) in [6, 6.07) is 6.01. The predicted octanol–water partition coefficient (Wildman–Crippen LogP) is 2.85. The van der Waals surface area contributed by atoms with Gasteiger partial charge in [0.25, 0.3) is 10.0 Å². The van der Waals surface area contributed by atoms with Gasteiger partial charge >= 0.3 is 0 Å². The molecule has 0 radical (unpaired) electrons. The molecule has 1 aromatic carbocycles. The van der Waals surface area contributed by atoms with Crippen molar-refractivity contribution in [2.75, 3.05) is 4.72 Å². The standard InChI is InChI=1S/C13H14N2O3S2/c1-3-12(16)10-5-4-6-11(7-10)20(17,18)15-13-14-9(2)8-19-13/h4-8H,3H2,1-2H3,(H,14,15). The maximum absolute atomic E-state index is 12.2. The number of rotatable bonds is 5. The Kier molecular flexibility index (Phi) is 4.20. The van der Waals surface area contributed by atoms with Crippen LogP contribution < -0.4 is 4.72 Å². The van der Waals surface area contributed by atoms with E-state index >= 15 is 0 Å². The van der Waals surface area contributed by atoms with Crippen molar-refractivity contribution >= 4 is 32.3 Å². The monoisotopic (exact) mass is 310 g/mol. The second-order valence-corrected chi connectivity index (χ2v) is 6.74. The number of aromatic nitrogens is 1. The van der Waals surface area contributed by atoms with Crippen molar-refractivity contribution in [3.8, 4) is 0 Å². The number of anilines is 1. The minimum atomic E-state index is -3.72. The Morgan fingerprint density at radius 2 is 2.15 bits per heavy atom. The SMILES string of the molecule is CCC(=O)c1cccc(S(=O)(=O)Nc2nc(C)cs2)c1. The molecular weight excluding hydrogens is 296 g/mol. The molecule has 106 valence electrons. The fraction of sp³-hybridized carbons (Fsp3) is 0.231. The molecule has 5 nitrogen and oxygen atoms in total. The van der Waals surface area contributed by atoms with Crippen molar-refractivity contribution in [1.82, 2.24) is 4.98 Å². The maximum atomic E-state index is 12.2. The first-order valence-corrected chi connectivity index (χ1v) is 8.37. The van der Waals surface area contributed by atoms with E-state index in [0.717, 1.165) is 5.69 Å². The van der Waals surface area contributed by atoms with Crippen LogP contribution in [-0.2, 0) is 10.0 Å². The molecule has 0 saturated heterocycles. The Morgan fingerprint density at radius 1 is 1.40 bits per heavy atom. The normalized spacial score (nSPS) is 11.3. The van der Waals surface area contributed by atoms with Gasteiger partial charge in [-0.3, -0.25) is 9.52 Å². The van der Waals surface area contributed by atoms with Crippen LogP contribution in [0.1, 0.15) is 29.4 Å². The molecule has 1 N–H and O–H groups in total. The summed E-state index contributed by atoms with van der Waals surface area (Å²) in [4.78, 5) is 15.7. The molecule has 2 rings (SSSR count). The van der Waals surface area contributed by atoms with Gasteiger partial charge in [0.2, 0.25) is 0 Å². The number of sulfonamides is 1. The van der Waals surface area contributed by atoms with E-state index in [1.54, 1.807) is 31.4 Å². The Hall–Kier alpha value is -1.73. The van der Waals surface area contributed by atoms with E-state index < -0.39 is 10.0 Å². The van der Waals surface area contributed by atoms with Crippen molar-refractivity contribution in [2.45, 2.75) is 25.2 Å². The first kappa shape index (κ1) is 14.7. The summed E-state index contributed by atoms with van der Waals surface area (Å²) < 4.78 is 26.8. The van der Waals surface area contributed by atoms with E-state index in [1.165, 1.54) is 23.5 Å². The van der Waals surface area contributed by atoms with Gasteiger partial charge in [-0.05, 0) is 19.1 Å². The van der Waals surface area contributed by atoms with Gasteiger partial charge in [0.1, 0.15) is 0 Å². The average molecular weight is 310 g/mol. The summed E-state index contributed by atoms with van der Waals surface area (Å²) in [5, 5.41) is 2.07. The molecule has 0 saturated carbocycles. The number of carbonyl (C=O) groups is 1. The lowest BCUT2D eigenvalue weighted by Gasteiger charge is -2.06. The van der Waals surface area contributed by atoms with Crippen molar-refractivity contribution in [1.29, 1.82) is 0 Å². The van der Waals surface area contributed by atoms with Gasteiger partial charge in [-0.1, -0.05) is 19.1 Å². The van der Waals surface area contributed by atoms with Crippen LogP contribution in [0.25, 0.3) is 0 Å². The van der Waals surface area contributed by atoms with Gasteiger partial charge in [0.05, 0.1) is 10.6 Å². The molecule has 0 fully saturated rings. The molecule has 0 amide bonds. The molecule has 1 heterocycles. The third-order valence-corrected chi connectivity index (χ3v) is 4.97. The largest absolute Gasteiger partial charge is 0.294 e. The highest BCUT2D eigenvalue weighted by atomic mass is 32.2. The number of hydrogen-bond donors (Lipinski definition) is 1. The minimum absolute atomic E-state index is 0.0599. The first-order chi connectivity index (χ1) is 9.42. The van der Waals surface area contributed by atoms with Crippen LogP contribution in [-0.4, -0.2) is 19.2 Å². The zero-order valence-electron chi connectivity index (χ0n) is 11.1. The summed E-state index contributed by atoms with van der Waals surface area (Å²) in [5.41, 5.74) is 1.15. The van der Waals surface area contributed by atoms with Crippen LogP contribution in [0.2, 0.25) is 0 Å².